The Kier molecular flexibility index (Phi) is 4.32. The van der Waals surface area contributed by atoms with Gasteiger partial charge in [-0.05, 0) is 46.6 Å². The molecular weight excluding hydrogens is 303 g/mol. The number of rotatable bonds is 4. The SMILES string of the molecule is CC(C)(C)OC(=O)N(C1CC1)C(C)(C(=O)O)c1cncc(F)c1. The Bertz CT molecular complexity index is 625. The maximum absolute atomic E-state index is 13.5. The van der Waals surface area contributed by atoms with Gasteiger partial charge in [-0.1, -0.05) is 0 Å². The standard InChI is InChI=1S/C16H21FN2O4/c1-15(2,3)23-14(22)19(12-5-6-12)16(4,13(20)21)10-7-11(17)9-18-8-10/h7-9,12H,5-6H2,1-4H3,(H,20,21). The van der Waals surface area contributed by atoms with Crippen LogP contribution in [0.25, 0.3) is 0 Å². The molecule has 0 spiro atoms. The zero-order chi connectivity index (χ0) is 17.4. The van der Waals surface area contributed by atoms with E-state index in [9.17, 15) is 19.1 Å². The number of amides is 1. The van der Waals surface area contributed by atoms with Crippen molar-refractivity contribution in [1.82, 2.24) is 9.88 Å². The van der Waals surface area contributed by atoms with Crippen molar-refractivity contribution in [2.75, 3.05) is 0 Å². The molecule has 0 radical (unpaired) electrons. The molecule has 0 aromatic carbocycles. The van der Waals surface area contributed by atoms with E-state index in [1.807, 2.05) is 0 Å². The van der Waals surface area contributed by atoms with Gasteiger partial charge in [-0.2, -0.15) is 0 Å². The van der Waals surface area contributed by atoms with Crippen LogP contribution >= 0.6 is 0 Å². The summed E-state index contributed by atoms with van der Waals surface area (Å²) in [6.07, 6.45) is 2.89. The van der Waals surface area contributed by atoms with Gasteiger partial charge in [-0.15, -0.1) is 0 Å². The van der Waals surface area contributed by atoms with Crippen LogP contribution in [0, 0.1) is 5.82 Å². The van der Waals surface area contributed by atoms with Crippen LogP contribution in [0.15, 0.2) is 18.5 Å². The van der Waals surface area contributed by atoms with Crippen LogP contribution in [0.2, 0.25) is 0 Å². The number of aliphatic carboxylic acids is 1. The molecule has 1 N–H and O–H groups in total. The summed E-state index contributed by atoms with van der Waals surface area (Å²) in [6, 6.07) is 0.843. The predicted molar refractivity (Wildman–Crippen MR) is 80.3 cm³/mol. The third-order valence-electron chi connectivity index (χ3n) is 3.67. The van der Waals surface area contributed by atoms with Crippen LogP contribution in [0.5, 0.6) is 0 Å². The highest BCUT2D eigenvalue weighted by atomic mass is 19.1. The van der Waals surface area contributed by atoms with Crippen LogP contribution in [-0.2, 0) is 15.1 Å². The topological polar surface area (TPSA) is 79.7 Å². The van der Waals surface area contributed by atoms with Gasteiger partial charge in [0.25, 0.3) is 0 Å². The van der Waals surface area contributed by atoms with Crippen molar-refractivity contribution in [3.63, 3.8) is 0 Å². The Labute approximate surface area is 134 Å². The third-order valence-corrected chi connectivity index (χ3v) is 3.67. The summed E-state index contributed by atoms with van der Waals surface area (Å²) in [6.45, 7) is 6.49. The van der Waals surface area contributed by atoms with Crippen LogP contribution in [-0.4, -0.2) is 38.7 Å². The fourth-order valence-corrected chi connectivity index (χ4v) is 2.38. The first-order chi connectivity index (χ1) is 10.6. The van der Waals surface area contributed by atoms with Crippen molar-refractivity contribution >= 4 is 12.1 Å². The van der Waals surface area contributed by atoms with E-state index >= 15 is 0 Å². The number of pyridine rings is 1. The van der Waals surface area contributed by atoms with E-state index in [4.69, 9.17) is 4.74 Å². The summed E-state index contributed by atoms with van der Waals surface area (Å²) < 4.78 is 18.9. The van der Waals surface area contributed by atoms with Gasteiger partial charge in [-0.3, -0.25) is 9.88 Å². The lowest BCUT2D eigenvalue weighted by atomic mass is 9.91. The summed E-state index contributed by atoms with van der Waals surface area (Å²) in [7, 11) is 0. The summed E-state index contributed by atoms with van der Waals surface area (Å²) in [5.41, 5.74) is -2.41. The molecule has 1 aliphatic rings. The molecule has 1 amide bonds. The number of nitrogens with zero attached hydrogens (tertiary/aromatic N) is 2. The Morgan fingerprint density at radius 1 is 1.30 bits per heavy atom. The molecule has 0 saturated heterocycles. The van der Waals surface area contributed by atoms with Crippen molar-refractivity contribution in [2.45, 2.75) is 57.7 Å². The van der Waals surface area contributed by atoms with Crippen LogP contribution < -0.4 is 0 Å². The molecule has 0 aliphatic heterocycles. The molecule has 1 aromatic heterocycles. The van der Waals surface area contributed by atoms with Crippen molar-refractivity contribution < 1.29 is 23.8 Å². The number of hydrogen-bond donors (Lipinski definition) is 1. The first-order valence-electron chi connectivity index (χ1n) is 7.42. The number of ether oxygens (including phenoxy) is 1. The van der Waals surface area contributed by atoms with E-state index in [0.29, 0.717) is 12.8 Å². The van der Waals surface area contributed by atoms with Crippen LogP contribution in [0.4, 0.5) is 9.18 Å². The maximum Gasteiger partial charge on any atom is 0.411 e. The number of carboxylic acid groups (broad SMARTS) is 1. The van der Waals surface area contributed by atoms with E-state index in [2.05, 4.69) is 4.98 Å². The van der Waals surface area contributed by atoms with E-state index in [-0.39, 0.29) is 11.6 Å². The minimum Gasteiger partial charge on any atom is -0.479 e. The Morgan fingerprint density at radius 2 is 1.91 bits per heavy atom. The quantitative estimate of drug-likeness (QED) is 0.921. The van der Waals surface area contributed by atoms with Crippen molar-refractivity contribution in [3.05, 3.63) is 29.8 Å². The van der Waals surface area contributed by atoms with Gasteiger partial charge in [0.1, 0.15) is 11.4 Å². The van der Waals surface area contributed by atoms with Gasteiger partial charge in [0.15, 0.2) is 5.54 Å². The van der Waals surface area contributed by atoms with Crippen LogP contribution in [0.1, 0.15) is 46.1 Å². The highest BCUT2D eigenvalue weighted by molar-refractivity contribution is 5.86. The van der Waals surface area contributed by atoms with Crippen molar-refractivity contribution in [2.24, 2.45) is 0 Å². The van der Waals surface area contributed by atoms with Gasteiger partial charge in [0.2, 0.25) is 0 Å². The zero-order valence-electron chi connectivity index (χ0n) is 13.7. The number of hydrogen-bond acceptors (Lipinski definition) is 4. The summed E-state index contributed by atoms with van der Waals surface area (Å²) in [4.78, 5) is 29.5. The minimum absolute atomic E-state index is 0.0998. The number of aromatic nitrogens is 1. The number of carbonyl (C=O) groups is 2. The molecule has 126 valence electrons. The highest BCUT2D eigenvalue weighted by Crippen LogP contribution is 2.39. The van der Waals surface area contributed by atoms with E-state index in [0.717, 1.165) is 12.3 Å². The molecule has 0 bridgehead atoms. The zero-order valence-corrected chi connectivity index (χ0v) is 13.7. The van der Waals surface area contributed by atoms with Crippen molar-refractivity contribution in [3.8, 4) is 0 Å². The van der Waals surface area contributed by atoms with Gasteiger partial charge in [0.05, 0.1) is 6.20 Å². The Hall–Kier alpha value is -2.18. The largest absolute Gasteiger partial charge is 0.479 e. The van der Waals surface area contributed by atoms with Crippen molar-refractivity contribution in [1.29, 1.82) is 0 Å². The van der Waals surface area contributed by atoms with Gasteiger partial charge in [0, 0.05) is 17.8 Å². The number of halogens is 1. The summed E-state index contributed by atoms with van der Waals surface area (Å²) >= 11 is 0. The molecule has 1 saturated carbocycles. The van der Waals surface area contributed by atoms with E-state index in [1.165, 1.54) is 18.0 Å². The third kappa shape index (κ3) is 3.60. The first-order valence-corrected chi connectivity index (χ1v) is 7.42. The average Bonchev–Trinajstić information content (AvgIpc) is 3.20. The molecule has 1 aliphatic carbocycles. The van der Waals surface area contributed by atoms with Gasteiger partial charge >= 0.3 is 12.1 Å². The lowest BCUT2D eigenvalue weighted by Gasteiger charge is -2.39. The van der Waals surface area contributed by atoms with E-state index < -0.39 is 29.0 Å². The lowest BCUT2D eigenvalue weighted by molar-refractivity contribution is -0.151. The first kappa shape index (κ1) is 17.2. The normalized spacial score (nSPS) is 17.3. The molecule has 2 rings (SSSR count). The maximum atomic E-state index is 13.5. The minimum atomic E-state index is -1.75. The fourth-order valence-electron chi connectivity index (χ4n) is 2.38. The molecular formula is C16H21FN2O4. The second kappa shape index (κ2) is 5.79. The summed E-state index contributed by atoms with van der Waals surface area (Å²) in [5.74, 6) is -1.92. The molecule has 1 fully saturated rings. The molecule has 1 atom stereocenters. The molecule has 7 heteroatoms. The number of carboxylic acids is 1. The second-order valence-electron chi connectivity index (χ2n) is 6.85. The Morgan fingerprint density at radius 3 is 2.35 bits per heavy atom. The molecule has 1 heterocycles. The van der Waals surface area contributed by atoms with Gasteiger partial charge < -0.3 is 9.84 Å². The highest BCUT2D eigenvalue weighted by Gasteiger charge is 2.52. The molecule has 1 aromatic rings. The fraction of sp³-hybridized carbons (Fsp3) is 0.562. The average molecular weight is 324 g/mol. The lowest BCUT2D eigenvalue weighted by Crippen LogP contribution is -2.55. The predicted octanol–water partition coefficient (Wildman–Crippen LogP) is 2.92. The smallest absolute Gasteiger partial charge is 0.411 e. The summed E-state index contributed by atoms with van der Waals surface area (Å²) in [5, 5.41) is 9.77. The van der Waals surface area contributed by atoms with E-state index in [1.54, 1.807) is 20.8 Å². The molecule has 1 unspecified atom stereocenters. The van der Waals surface area contributed by atoms with Gasteiger partial charge in [-0.25, -0.2) is 14.0 Å². The molecule has 23 heavy (non-hydrogen) atoms. The van der Waals surface area contributed by atoms with Crippen LogP contribution in [0.3, 0.4) is 0 Å². The second-order valence-corrected chi connectivity index (χ2v) is 6.85. The monoisotopic (exact) mass is 324 g/mol. The Balaban J connectivity index is 2.47. The molecule has 6 nitrogen and oxygen atoms in total. The number of carbonyl (C=O) groups excluding carboxylic acids is 1.